The Kier molecular flexibility index (Phi) is 6.19. The van der Waals surface area contributed by atoms with Gasteiger partial charge in [-0.3, -0.25) is 4.79 Å². The predicted octanol–water partition coefficient (Wildman–Crippen LogP) is 1.38. The number of piperidine rings is 1. The molecule has 1 heterocycles. The van der Waals surface area contributed by atoms with Crippen LogP contribution in [0.15, 0.2) is 23.1 Å². The van der Waals surface area contributed by atoms with Crippen LogP contribution >= 0.6 is 11.6 Å². The van der Waals surface area contributed by atoms with E-state index in [2.05, 4.69) is 5.32 Å². The molecule has 24 heavy (non-hydrogen) atoms. The fourth-order valence-electron chi connectivity index (χ4n) is 2.55. The molecule has 0 aliphatic carbocycles. The number of carbonyl (C=O) groups is 1. The summed E-state index contributed by atoms with van der Waals surface area (Å²) in [6.07, 6.45) is 0.774. The van der Waals surface area contributed by atoms with Crippen molar-refractivity contribution >= 4 is 27.5 Å². The number of hydrogen-bond donors (Lipinski definition) is 2. The van der Waals surface area contributed by atoms with Crippen molar-refractivity contribution in [2.24, 2.45) is 5.92 Å². The molecular weight excluding hydrogens is 359 g/mol. The number of aliphatic hydroxyl groups is 1. The smallest absolute Gasteiger partial charge is 0.243 e. The summed E-state index contributed by atoms with van der Waals surface area (Å²) in [5.74, 6) is -1.15. The van der Waals surface area contributed by atoms with Crippen LogP contribution in [-0.4, -0.2) is 49.5 Å². The third-order valence-corrected chi connectivity index (χ3v) is 6.20. The molecule has 0 bridgehead atoms. The molecule has 1 aliphatic heterocycles. The molecule has 134 valence electrons. The Morgan fingerprint density at radius 1 is 1.46 bits per heavy atom. The lowest BCUT2D eigenvalue weighted by Gasteiger charge is -2.31. The van der Waals surface area contributed by atoms with Gasteiger partial charge in [0.05, 0.1) is 16.5 Å². The highest BCUT2D eigenvalue weighted by molar-refractivity contribution is 7.89. The molecule has 1 atom stereocenters. The van der Waals surface area contributed by atoms with E-state index in [1.165, 1.54) is 10.4 Å². The molecule has 2 N–H and O–H groups in total. The SMILES string of the molecule is CC(CO)NC(=O)C1CCN(S(=O)(=O)c2ccc(F)c(Cl)c2)CC1. The first-order valence-electron chi connectivity index (χ1n) is 7.62. The summed E-state index contributed by atoms with van der Waals surface area (Å²) in [5.41, 5.74) is 0. The number of hydrogen-bond acceptors (Lipinski definition) is 4. The maximum Gasteiger partial charge on any atom is 0.243 e. The fourth-order valence-corrected chi connectivity index (χ4v) is 4.29. The summed E-state index contributed by atoms with van der Waals surface area (Å²) >= 11 is 5.65. The van der Waals surface area contributed by atoms with Crippen LogP contribution in [0.2, 0.25) is 5.02 Å². The average molecular weight is 379 g/mol. The Bertz CT molecular complexity index is 705. The first-order chi connectivity index (χ1) is 11.3. The number of carbonyl (C=O) groups excluding carboxylic acids is 1. The molecule has 1 aliphatic rings. The molecule has 0 radical (unpaired) electrons. The zero-order valence-corrected chi connectivity index (χ0v) is 14.8. The molecule has 2 rings (SSSR count). The van der Waals surface area contributed by atoms with Gasteiger partial charge in [0.1, 0.15) is 5.82 Å². The highest BCUT2D eigenvalue weighted by Gasteiger charge is 2.32. The molecule has 1 amide bonds. The fraction of sp³-hybridized carbons (Fsp3) is 0.533. The van der Waals surface area contributed by atoms with E-state index in [0.29, 0.717) is 12.8 Å². The number of halogens is 2. The standard InChI is InChI=1S/C15H20ClFN2O4S/c1-10(9-20)18-15(21)11-4-6-19(7-5-11)24(22,23)12-2-3-14(17)13(16)8-12/h2-3,8,10-11,20H,4-7,9H2,1H3,(H,18,21). The molecule has 1 aromatic rings. The van der Waals surface area contributed by atoms with Crippen LogP contribution in [0, 0.1) is 11.7 Å². The van der Waals surface area contributed by atoms with Gasteiger partial charge in [-0.25, -0.2) is 12.8 Å². The molecule has 0 aromatic heterocycles. The maximum atomic E-state index is 13.2. The summed E-state index contributed by atoms with van der Waals surface area (Å²) in [6.45, 7) is 1.94. The van der Waals surface area contributed by atoms with E-state index in [1.807, 2.05) is 0 Å². The lowest BCUT2D eigenvalue weighted by Crippen LogP contribution is -2.45. The van der Waals surface area contributed by atoms with Gasteiger partial charge in [-0.1, -0.05) is 11.6 Å². The van der Waals surface area contributed by atoms with Gasteiger partial charge in [-0.15, -0.1) is 0 Å². The number of nitrogens with one attached hydrogen (secondary N) is 1. The second-order valence-corrected chi connectivity index (χ2v) is 8.19. The van der Waals surface area contributed by atoms with E-state index in [4.69, 9.17) is 16.7 Å². The van der Waals surface area contributed by atoms with Crippen molar-refractivity contribution in [2.75, 3.05) is 19.7 Å². The van der Waals surface area contributed by atoms with E-state index < -0.39 is 15.8 Å². The van der Waals surface area contributed by atoms with Crippen molar-refractivity contribution in [2.45, 2.75) is 30.7 Å². The van der Waals surface area contributed by atoms with Crippen molar-refractivity contribution in [3.05, 3.63) is 29.0 Å². The largest absolute Gasteiger partial charge is 0.394 e. The lowest BCUT2D eigenvalue weighted by molar-refractivity contribution is -0.127. The Hall–Kier alpha value is -1.22. The highest BCUT2D eigenvalue weighted by atomic mass is 35.5. The molecule has 0 spiro atoms. The molecular formula is C15H20ClFN2O4S. The van der Waals surface area contributed by atoms with Gasteiger partial charge in [-0.05, 0) is 38.0 Å². The monoisotopic (exact) mass is 378 g/mol. The Morgan fingerprint density at radius 2 is 2.08 bits per heavy atom. The molecule has 6 nitrogen and oxygen atoms in total. The predicted molar refractivity (Wildman–Crippen MR) is 87.6 cm³/mol. The number of rotatable bonds is 5. The first kappa shape index (κ1) is 19.1. The second-order valence-electron chi connectivity index (χ2n) is 5.85. The molecule has 1 saturated heterocycles. The summed E-state index contributed by atoms with van der Waals surface area (Å²) in [7, 11) is -3.77. The van der Waals surface area contributed by atoms with Crippen LogP contribution in [0.25, 0.3) is 0 Å². The van der Waals surface area contributed by atoms with Crippen molar-refractivity contribution in [1.82, 2.24) is 9.62 Å². The normalized spacial score (nSPS) is 18.3. The molecule has 0 saturated carbocycles. The van der Waals surface area contributed by atoms with Crippen LogP contribution in [0.3, 0.4) is 0 Å². The molecule has 9 heteroatoms. The Balaban J connectivity index is 2.03. The minimum absolute atomic E-state index is 0.0642. The lowest BCUT2D eigenvalue weighted by atomic mass is 9.97. The van der Waals surface area contributed by atoms with Gasteiger partial charge in [-0.2, -0.15) is 4.31 Å². The van der Waals surface area contributed by atoms with Gasteiger partial charge in [0, 0.05) is 25.0 Å². The van der Waals surface area contributed by atoms with Gasteiger partial charge < -0.3 is 10.4 Å². The third-order valence-electron chi connectivity index (χ3n) is 4.02. The zero-order chi connectivity index (χ0) is 17.9. The summed E-state index contributed by atoms with van der Waals surface area (Å²) < 4.78 is 39.6. The number of amides is 1. The van der Waals surface area contributed by atoms with Gasteiger partial charge >= 0.3 is 0 Å². The minimum Gasteiger partial charge on any atom is -0.394 e. The Morgan fingerprint density at radius 3 is 2.62 bits per heavy atom. The van der Waals surface area contributed by atoms with Crippen LogP contribution in [-0.2, 0) is 14.8 Å². The average Bonchev–Trinajstić information content (AvgIpc) is 2.57. The molecule has 1 unspecified atom stereocenters. The van der Waals surface area contributed by atoms with Crippen LogP contribution < -0.4 is 5.32 Å². The van der Waals surface area contributed by atoms with E-state index in [9.17, 15) is 17.6 Å². The molecule has 1 fully saturated rings. The summed E-state index contributed by atoms with van der Waals surface area (Å²) in [6, 6.07) is 2.96. The van der Waals surface area contributed by atoms with E-state index >= 15 is 0 Å². The van der Waals surface area contributed by atoms with Crippen LogP contribution in [0.5, 0.6) is 0 Å². The van der Waals surface area contributed by atoms with Gasteiger partial charge in [0.15, 0.2) is 0 Å². The minimum atomic E-state index is -3.77. The third kappa shape index (κ3) is 4.24. The number of sulfonamides is 1. The highest BCUT2D eigenvalue weighted by Crippen LogP contribution is 2.26. The summed E-state index contributed by atoms with van der Waals surface area (Å²) in [4.78, 5) is 12.0. The van der Waals surface area contributed by atoms with Gasteiger partial charge in [0.25, 0.3) is 0 Å². The van der Waals surface area contributed by atoms with Gasteiger partial charge in [0.2, 0.25) is 15.9 Å². The number of aliphatic hydroxyl groups excluding tert-OH is 1. The van der Waals surface area contributed by atoms with Crippen molar-refractivity contribution in [3.63, 3.8) is 0 Å². The molecule has 1 aromatic carbocycles. The van der Waals surface area contributed by atoms with Crippen molar-refractivity contribution in [1.29, 1.82) is 0 Å². The maximum absolute atomic E-state index is 13.2. The second kappa shape index (κ2) is 7.77. The Labute approximate surface area is 145 Å². The zero-order valence-electron chi connectivity index (χ0n) is 13.2. The van der Waals surface area contributed by atoms with Crippen molar-refractivity contribution in [3.8, 4) is 0 Å². The first-order valence-corrected chi connectivity index (χ1v) is 9.44. The van der Waals surface area contributed by atoms with E-state index in [-0.39, 0.29) is 47.5 Å². The van der Waals surface area contributed by atoms with Crippen LogP contribution in [0.1, 0.15) is 19.8 Å². The van der Waals surface area contributed by atoms with E-state index in [0.717, 1.165) is 12.1 Å². The quantitative estimate of drug-likeness (QED) is 0.810. The van der Waals surface area contributed by atoms with Crippen LogP contribution in [0.4, 0.5) is 4.39 Å². The topological polar surface area (TPSA) is 86.7 Å². The number of nitrogens with zero attached hydrogens (tertiary/aromatic N) is 1. The number of benzene rings is 1. The van der Waals surface area contributed by atoms with Crippen molar-refractivity contribution < 1.29 is 22.7 Å². The summed E-state index contributed by atoms with van der Waals surface area (Å²) in [5, 5.41) is 11.4. The van der Waals surface area contributed by atoms with E-state index in [1.54, 1.807) is 6.92 Å².